The standard InChI is InChI=1S/C14H22BrFN2/c1-3-4-5-8-14(2,10-17)18-11-6-7-13(16)12(15)9-11/h6-7,9,18H,3-5,8,10,17H2,1-2H3. The van der Waals surface area contributed by atoms with Gasteiger partial charge < -0.3 is 11.1 Å². The fourth-order valence-electron chi connectivity index (χ4n) is 1.90. The molecule has 0 fully saturated rings. The molecule has 0 aliphatic carbocycles. The Morgan fingerprint density at radius 1 is 1.39 bits per heavy atom. The van der Waals surface area contributed by atoms with Crippen LogP contribution in [0.5, 0.6) is 0 Å². The average molecular weight is 317 g/mol. The molecule has 0 spiro atoms. The zero-order valence-electron chi connectivity index (χ0n) is 11.1. The minimum absolute atomic E-state index is 0.133. The largest absolute Gasteiger partial charge is 0.379 e. The molecule has 0 bridgehead atoms. The smallest absolute Gasteiger partial charge is 0.137 e. The summed E-state index contributed by atoms with van der Waals surface area (Å²) in [5, 5.41) is 3.41. The number of nitrogens with two attached hydrogens (primary N) is 1. The van der Waals surface area contributed by atoms with E-state index in [1.165, 1.54) is 18.9 Å². The van der Waals surface area contributed by atoms with Crippen LogP contribution in [0.4, 0.5) is 10.1 Å². The number of unbranched alkanes of at least 4 members (excludes halogenated alkanes) is 2. The van der Waals surface area contributed by atoms with E-state index in [1.54, 1.807) is 12.1 Å². The fraction of sp³-hybridized carbons (Fsp3) is 0.571. The Morgan fingerprint density at radius 3 is 2.67 bits per heavy atom. The first-order valence-corrected chi connectivity index (χ1v) is 7.23. The molecule has 1 rings (SSSR count). The molecule has 1 atom stereocenters. The maximum Gasteiger partial charge on any atom is 0.137 e. The van der Waals surface area contributed by atoms with Crippen LogP contribution in [-0.2, 0) is 0 Å². The molecule has 4 heteroatoms. The highest BCUT2D eigenvalue weighted by Crippen LogP contribution is 2.24. The summed E-state index contributed by atoms with van der Waals surface area (Å²) in [6, 6.07) is 4.95. The minimum atomic E-state index is -0.249. The van der Waals surface area contributed by atoms with Gasteiger partial charge in [-0.1, -0.05) is 26.2 Å². The van der Waals surface area contributed by atoms with Gasteiger partial charge in [-0.2, -0.15) is 0 Å². The van der Waals surface area contributed by atoms with Gasteiger partial charge in [0.1, 0.15) is 5.82 Å². The lowest BCUT2D eigenvalue weighted by molar-refractivity contribution is 0.455. The zero-order chi connectivity index (χ0) is 13.6. The lowest BCUT2D eigenvalue weighted by atomic mass is 9.94. The van der Waals surface area contributed by atoms with E-state index in [1.807, 2.05) is 0 Å². The van der Waals surface area contributed by atoms with Crippen molar-refractivity contribution in [2.45, 2.75) is 45.1 Å². The third-order valence-corrected chi connectivity index (χ3v) is 3.76. The van der Waals surface area contributed by atoms with Gasteiger partial charge in [-0.25, -0.2) is 4.39 Å². The van der Waals surface area contributed by atoms with E-state index in [-0.39, 0.29) is 11.4 Å². The van der Waals surface area contributed by atoms with Crippen molar-refractivity contribution in [1.29, 1.82) is 0 Å². The maximum absolute atomic E-state index is 13.2. The Hall–Kier alpha value is -0.610. The Kier molecular flexibility index (Phi) is 6.09. The molecule has 2 nitrogen and oxygen atoms in total. The molecule has 102 valence electrons. The van der Waals surface area contributed by atoms with Crippen molar-refractivity contribution < 1.29 is 4.39 Å². The molecule has 3 N–H and O–H groups in total. The summed E-state index contributed by atoms with van der Waals surface area (Å²) in [6.07, 6.45) is 4.58. The molecule has 1 unspecified atom stereocenters. The zero-order valence-corrected chi connectivity index (χ0v) is 12.7. The summed E-state index contributed by atoms with van der Waals surface area (Å²) < 4.78 is 13.6. The molecular formula is C14H22BrFN2. The van der Waals surface area contributed by atoms with Crippen LogP contribution in [0.2, 0.25) is 0 Å². The van der Waals surface area contributed by atoms with E-state index in [0.29, 0.717) is 11.0 Å². The van der Waals surface area contributed by atoms with Crippen molar-refractivity contribution in [2.24, 2.45) is 5.73 Å². The van der Waals surface area contributed by atoms with E-state index >= 15 is 0 Å². The highest BCUT2D eigenvalue weighted by Gasteiger charge is 2.21. The fourth-order valence-corrected chi connectivity index (χ4v) is 2.28. The van der Waals surface area contributed by atoms with Crippen molar-refractivity contribution in [3.63, 3.8) is 0 Å². The first-order chi connectivity index (χ1) is 8.50. The Balaban J connectivity index is 2.68. The second-order valence-electron chi connectivity index (χ2n) is 4.98. The molecule has 0 radical (unpaired) electrons. The summed E-state index contributed by atoms with van der Waals surface area (Å²) in [4.78, 5) is 0. The number of nitrogens with one attached hydrogen (secondary N) is 1. The number of anilines is 1. The topological polar surface area (TPSA) is 38.0 Å². The predicted octanol–water partition coefficient (Wildman–Crippen LogP) is 4.30. The van der Waals surface area contributed by atoms with Gasteiger partial charge in [-0.3, -0.25) is 0 Å². The van der Waals surface area contributed by atoms with Gasteiger partial charge in [0.05, 0.1) is 4.47 Å². The summed E-state index contributed by atoms with van der Waals surface area (Å²) >= 11 is 3.19. The third-order valence-electron chi connectivity index (χ3n) is 3.15. The number of rotatable bonds is 7. The highest BCUT2D eigenvalue weighted by atomic mass is 79.9. The Labute approximate surface area is 117 Å². The van der Waals surface area contributed by atoms with Crippen LogP contribution >= 0.6 is 15.9 Å². The van der Waals surface area contributed by atoms with E-state index in [0.717, 1.165) is 18.5 Å². The average Bonchev–Trinajstić information content (AvgIpc) is 2.34. The van der Waals surface area contributed by atoms with Crippen LogP contribution in [-0.4, -0.2) is 12.1 Å². The van der Waals surface area contributed by atoms with Crippen molar-refractivity contribution in [1.82, 2.24) is 0 Å². The second-order valence-corrected chi connectivity index (χ2v) is 5.83. The van der Waals surface area contributed by atoms with Crippen LogP contribution in [0.25, 0.3) is 0 Å². The molecule has 18 heavy (non-hydrogen) atoms. The molecule has 1 aromatic carbocycles. The molecule has 0 saturated heterocycles. The van der Waals surface area contributed by atoms with E-state index < -0.39 is 0 Å². The molecular weight excluding hydrogens is 295 g/mol. The molecule has 0 aliphatic rings. The van der Waals surface area contributed by atoms with Crippen LogP contribution in [0.3, 0.4) is 0 Å². The number of halogens is 2. The monoisotopic (exact) mass is 316 g/mol. The van der Waals surface area contributed by atoms with Crippen LogP contribution in [0, 0.1) is 5.82 Å². The number of benzene rings is 1. The molecule has 0 aromatic heterocycles. The first kappa shape index (κ1) is 15.4. The van der Waals surface area contributed by atoms with Gasteiger partial charge in [0.2, 0.25) is 0 Å². The Bertz CT molecular complexity index is 384. The molecule has 0 amide bonds. The maximum atomic E-state index is 13.2. The van der Waals surface area contributed by atoms with Crippen molar-refractivity contribution in [2.75, 3.05) is 11.9 Å². The number of hydrogen-bond donors (Lipinski definition) is 2. The van der Waals surface area contributed by atoms with Gasteiger partial charge >= 0.3 is 0 Å². The molecule has 0 saturated carbocycles. The minimum Gasteiger partial charge on any atom is -0.379 e. The summed E-state index contributed by atoms with van der Waals surface area (Å²) in [7, 11) is 0. The summed E-state index contributed by atoms with van der Waals surface area (Å²) in [5.74, 6) is -0.249. The molecule has 0 heterocycles. The van der Waals surface area contributed by atoms with Gasteiger partial charge in [-0.05, 0) is 47.5 Å². The van der Waals surface area contributed by atoms with Crippen LogP contribution in [0.15, 0.2) is 22.7 Å². The van der Waals surface area contributed by atoms with Crippen molar-refractivity contribution in [3.8, 4) is 0 Å². The second kappa shape index (κ2) is 7.10. The van der Waals surface area contributed by atoms with Gasteiger partial charge in [0.25, 0.3) is 0 Å². The summed E-state index contributed by atoms with van der Waals surface area (Å²) in [6.45, 7) is 4.86. The van der Waals surface area contributed by atoms with Crippen LogP contribution < -0.4 is 11.1 Å². The Morgan fingerprint density at radius 2 is 2.11 bits per heavy atom. The highest BCUT2D eigenvalue weighted by molar-refractivity contribution is 9.10. The van der Waals surface area contributed by atoms with Crippen LogP contribution in [0.1, 0.15) is 39.5 Å². The third kappa shape index (κ3) is 4.58. The van der Waals surface area contributed by atoms with E-state index in [9.17, 15) is 4.39 Å². The normalized spacial score (nSPS) is 14.3. The molecule has 1 aromatic rings. The van der Waals surface area contributed by atoms with Crippen molar-refractivity contribution >= 4 is 21.6 Å². The van der Waals surface area contributed by atoms with E-state index in [2.05, 4.69) is 35.1 Å². The summed E-state index contributed by atoms with van der Waals surface area (Å²) in [5.41, 5.74) is 6.62. The predicted molar refractivity (Wildman–Crippen MR) is 79.3 cm³/mol. The van der Waals surface area contributed by atoms with Crippen molar-refractivity contribution in [3.05, 3.63) is 28.5 Å². The van der Waals surface area contributed by atoms with Gasteiger partial charge in [0, 0.05) is 17.8 Å². The SMILES string of the molecule is CCCCCC(C)(CN)Nc1ccc(F)c(Br)c1. The lowest BCUT2D eigenvalue weighted by Gasteiger charge is -2.31. The van der Waals surface area contributed by atoms with Gasteiger partial charge in [0.15, 0.2) is 0 Å². The quantitative estimate of drug-likeness (QED) is 0.736. The van der Waals surface area contributed by atoms with Gasteiger partial charge in [-0.15, -0.1) is 0 Å². The first-order valence-electron chi connectivity index (χ1n) is 6.44. The number of hydrogen-bond acceptors (Lipinski definition) is 2. The van der Waals surface area contributed by atoms with E-state index in [4.69, 9.17) is 5.73 Å². The lowest BCUT2D eigenvalue weighted by Crippen LogP contribution is -2.42. The molecule has 0 aliphatic heterocycles.